The molecule has 1 saturated heterocycles. The van der Waals surface area contributed by atoms with Gasteiger partial charge in [-0.15, -0.1) is 0 Å². The minimum Gasteiger partial charge on any atom is -0.462 e. The van der Waals surface area contributed by atoms with Crippen molar-refractivity contribution in [2.24, 2.45) is 11.3 Å². The molecule has 2 rings (SSSR count). The lowest BCUT2D eigenvalue weighted by atomic mass is 9.97. The summed E-state index contributed by atoms with van der Waals surface area (Å²) in [5.41, 5.74) is -2.06. The van der Waals surface area contributed by atoms with Gasteiger partial charge in [0.2, 0.25) is 0 Å². The molecule has 38 heavy (non-hydrogen) atoms. The lowest BCUT2D eigenvalue weighted by Crippen LogP contribution is -2.36. The van der Waals surface area contributed by atoms with Gasteiger partial charge in [-0.2, -0.15) is 0 Å². The minimum atomic E-state index is -4.08. The average Bonchev–Trinajstić information content (AvgIpc) is 3.20. The van der Waals surface area contributed by atoms with Crippen LogP contribution < -0.4 is 16.3 Å². The SMILES string of the molecule is CC(C)OC(=O)[C@H](C)NP(=O)(OCCSC(=O)C(C)(C)CO)OC[C@@H]1C[C@H](C)[C@H](n2ccc(=O)[nH]c2=O)O1. The van der Waals surface area contributed by atoms with Crippen LogP contribution in [-0.2, 0) is 32.7 Å². The summed E-state index contributed by atoms with van der Waals surface area (Å²) in [6.07, 6.45) is 0.194. The van der Waals surface area contributed by atoms with Gasteiger partial charge in [0.1, 0.15) is 12.3 Å². The molecule has 0 aromatic carbocycles. The molecule has 0 aliphatic carbocycles. The zero-order chi connectivity index (χ0) is 28.7. The number of nitrogens with zero attached hydrogens (tertiary/aromatic N) is 1. The van der Waals surface area contributed by atoms with Gasteiger partial charge in [0.05, 0.1) is 37.4 Å². The van der Waals surface area contributed by atoms with E-state index in [2.05, 4.69) is 10.1 Å². The van der Waals surface area contributed by atoms with Gasteiger partial charge in [0.25, 0.3) is 5.56 Å². The van der Waals surface area contributed by atoms with Crippen LogP contribution in [0.1, 0.15) is 54.2 Å². The number of carbonyl (C=O) groups is 2. The highest BCUT2D eigenvalue weighted by Gasteiger charge is 2.38. The molecule has 0 amide bonds. The van der Waals surface area contributed by atoms with E-state index in [4.69, 9.17) is 18.5 Å². The highest BCUT2D eigenvalue weighted by molar-refractivity contribution is 8.13. The number of ether oxygens (including phenoxy) is 2. The third-order valence-corrected chi connectivity index (χ3v) is 8.49. The summed E-state index contributed by atoms with van der Waals surface area (Å²) in [6, 6.07) is 0.191. The van der Waals surface area contributed by atoms with Gasteiger partial charge in [-0.1, -0.05) is 18.7 Å². The first-order valence-corrected chi connectivity index (χ1v) is 14.8. The number of hydrogen-bond donors (Lipinski definition) is 3. The number of H-pyrrole nitrogens is 1. The van der Waals surface area contributed by atoms with Crippen molar-refractivity contribution >= 4 is 30.6 Å². The summed E-state index contributed by atoms with van der Waals surface area (Å²) < 4.78 is 37.0. The zero-order valence-corrected chi connectivity index (χ0v) is 24.2. The van der Waals surface area contributed by atoms with E-state index in [1.165, 1.54) is 23.8 Å². The fraction of sp³-hybridized carbons (Fsp3) is 0.739. The van der Waals surface area contributed by atoms with Gasteiger partial charge in [-0.3, -0.25) is 33.0 Å². The Balaban J connectivity index is 2.05. The smallest absolute Gasteiger partial charge is 0.406 e. The molecular formula is C23H38N3O10PS. The number of aromatic nitrogens is 2. The molecule has 13 nitrogen and oxygen atoms in total. The first-order chi connectivity index (χ1) is 17.7. The molecule has 216 valence electrons. The number of thioether (sulfide) groups is 1. The molecule has 3 N–H and O–H groups in total. The topological polar surface area (TPSA) is 175 Å². The second-order valence-corrected chi connectivity index (χ2v) is 12.9. The van der Waals surface area contributed by atoms with Crippen LogP contribution in [0.15, 0.2) is 21.9 Å². The highest BCUT2D eigenvalue weighted by Crippen LogP contribution is 2.46. The van der Waals surface area contributed by atoms with E-state index < -0.39 is 48.8 Å². The number of esters is 1. The minimum absolute atomic E-state index is 0.127. The lowest BCUT2D eigenvalue weighted by Gasteiger charge is -2.24. The van der Waals surface area contributed by atoms with Crippen molar-refractivity contribution in [1.82, 2.24) is 14.6 Å². The van der Waals surface area contributed by atoms with Crippen LogP contribution in [-0.4, -0.2) is 69.6 Å². The van der Waals surface area contributed by atoms with E-state index in [1.807, 2.05) is 6.92 Å². The van der Waals surface area contributed by atoms with E-state index >= 15 is 0 Å². The normalized spacial score (nSPS) is 22.3. The van der Waals surface area contributed by atoms with Crippen LogP contribution in [0.25, 0.3) is 0 Å². The Morgan fingerprint density at radius 3 is 2.61 bits per heavy atom. The van der Waals surface area contributed by atoms with Crippen molar-refractivity contribution in [3.05, 3.63) is 33.1 Å². The molecule has 0 saturated carbocycles. The number of rotatable bonds is 14. The van der Waals surface area contributed by atoms with Crippen LogP contribution in [0.2, 0.25) is 0 Å². The fourth-order valence-electron chi connectivity index (χ4n) is 3.46. The van der Waals surface area contributed by atoms with Crippen LogP contribution in [0.4, 0.5) is 0 Å². The molecule has 15 heteroatoms. The van der Waals surface area contributed by atoms with Crippen molar-refractivity contribution in [1.29, 1.82) is 0 Å². The summed E-state index contributed by atoms with van der Waals surface area (Å²) in [4.78, 5) is 50.2. The maximum absolute atomic E-state index is 13.5. The van der Waals surface area contributed by atoms with Crippen LogP contribution >= 0.6 is 19.5 Å². The second-order valence-electron chi connectivity index (χ2n) is 10.0. The van der Waals surface area contributed by atoms with E-state index in [-0.39, 0.29) is 42.7 Å². The zero-order valence-electron chi connectivity index (χ0n) is 22.5. The summed E-state index contributed by atoms with van der Waals surface area (Å²) in [5.74, 6) is -0.640. The molecule has 1 unspecified atom stereocenters. The lowest BCUT2D eigenvalue weighted by molar-refractivity contribution is -0.149. The molecule has 2 heterocycles. The van der Waals surface area contributed by atoms with Gasteiger partial charge < -0.3 is 14.6 Å². The van der Waals surface area contributed by atoms with Crippen LogP contribution in [0.5, 0.6) is 0 Å². The predicted octanol–water partition coefficient (Wildman–Crippen LogP) is 1.81. The monoisotopic (exact) mass is 579 g/mol. The van der Waals surface area contributed by atoms with Gasteiger partial charge in [-0.05, 0) is 41.0 Å². The van der Waals surface area contributed by atoms with Gasteiger partial charge >= 0.3 is 19.4 Å². The van der Waals surface area contributed by atoms with Crippen LogP contribution in [0.3, 0.4) is 0 Å². The standard InChI is InChI=1S/C23H38N3O10PS/c1-14(2)35-20(29)16(4)25-37(32,33-9-10-38-21(30)23(5,6)13-27)34-12-17-11-15(3)19(36-17)26-8-7-18(28)24-22(26)31/h7-8,14-17,19,27H,9-13H2,1-6H3,(H,25,32)(H,24,28,31)/t15-,16-,17-,19+,37?/m0/s1. The Morgan fingerprint density at radius 2 is 2.00 bits per heavy atom. The molecule has 0 radical (unpaired) electrons. The molecule has 0 spiro atoms. The number of aliphatic hydroxyl groups is 1. The second kappa shape index (κ2) is 14.0. The van der Waals surface area contributed by atoms with Crippen LogP contribution in [0, 0.1) is 11.3 Å². The van der Waals surface area contributed by atoms with Crippen molar-refractivity contribution in [2.45, 2.75) is 72.4 Å². The summed E-state index contributed by atoms with van der Waals surface area (Å²) in [7, 11) is -4.08. The quantitative estimate of drug-likeness (QED) is 0.166. The number of aliphatic hydroxyl groups excluding tert-OH is 1. The average molecular weight is 580 g/mol. The van der Waals surface area contributed by atoms with Gasteiger partial charge in [0.15, 0.2) is 5.12 Å². The molecular weight excluding hydrogens is 541 g/mol. The first kappa shape index (κ1) is 32.4. The largest absolute Gasteiger partial charge is 0.462 e. The number of nitrogens with one attached hydrogen (secondary N) is 2. The predicted molar refractivity (Wildman–Crippen MR) is 141 cm³/mol. The van der Waals surface area contributed by atoms with Crippen molar-refractivity contribution in [2.75, 3.05) is 25.6 Å². The Bertz CT molecular complexity index is 1120. The number of carbonyl (C=O) groups excluding carboxylic acids is 2. The third kappa shape index (κ3) is 9.44. The first-order valence-electron chi connectivity index (χ1n) is 12.3. The third-order valence-electron chi connectivity index (χ3n) is 5.59. The maximum Gasteiger partial charge on any atom is 0.406 e. The molecule has 5 atom stereocenters. The van der Waals surface area contributed by atoms with E-state index in [0.717, 1.165) is 11.8 Å². The fourth-order valence-corrected chi connectivity index (χ4v) is 5.89. The molecule has 1 aromatic heterocycles. The molecule has 1 fully saturated rings. The van der Waals surface area contributed by atoms with E-state index in [1.54, 1.807) is 27.7 Å². The summed E-state index contributed by atoms with van der Waals surface area (Å²) in [5, 5.41) is 11.7. The van der Waals surface area contributed by atoms with E-state index in [0.29, 0.717) is 6.42 Å². The van der Waals surface area contributed by atoms with E-state index in [9.17, 15) is 28.8 Å². The molecule has 1 aliphatic heterocycles. The molecule has 0 bridgehead atoms. The Labute approximate surface area is 225 Å². The van der Waals surface area contributed by atoms with Crippen molar-refractivity contribution < 1.29 is 37.8 Å². The van der Waals surface area contributed by atoms with Gasteiger partial charge in [-0.25, -0.2) is 14.4 Å². The number of hydrogen-bond acceptors (Lipinski definition) is 11. The Morgan fingerprint density at radius 1 is 1.32 bits per heavy atom. The Hall–Kier alpha value is -1.80. The maximum atomic E-state index is 13.5. The number of aromatic amines is 1. The molecule has 1 aliphatic rings. The highest BCUT2D eigenvalue weighted by atomic mass is 32.2. The summed E-state index contributed by atoms with van der Waals surface area (Å²) in [6.45, 7) is 9.26. The molecule has 1 aromatic rings. The Kier molecular flexibility index (Phi) is 12.0. The van der Waals surface area contributed by atoms with Crippen molar-refractivity contribution in [3.8, 4) is 0 Å². The summed E-state index contributed by atoms with van der Waals surface area (Å²) >= 11 is 0.924. The van der Waals surface area contributed by atoms with Crippen molar-refractivity contribution in [3.63, 3.8) is 0 Å². The van der Waals surface area contributed by atoms with Gasteiger partial charge in [0, 0.05) is 23.9 Å².